The summed E-state index contributed by atoms with van der Waals surface area (Å²) >= 11 is 0. The molecule has 3 heterocycles. The van der Waals surface area contributed by atoms with Crippen molar-refractivity contribution in [3.05, 3.63) is 65.7 Å². The highest BCUT2D eigenvalue weighted by atomic mass is 16.5. The Morgan fingerprint density at radius 2 is 2.08 bits per heavy atom. The zero-order chi connectivity index (χ0) is 15.9. The number of hydrogen-bond acceptors (Lipinski definition) is 5. The van der Waals surface area contributed by atoms with Crippen LogP contribution in [0.2, 0.25) is 0 Å². The Balaban J connectivity index is 1.46. The topological polar surface area (TPSA) is 80.7 Å². The molecule has 0 amide bonds. The first kappa shape index (κ1) is 13.3. The number of nitrogens with one attached hydrogen (secondary N) is 1. The number of nitrogens with zero attached hydrogens (tertiary/aromatic N) is 3. The lowest BCUT2D eigenvalue weighted by Crippen LogP contribution is -1.98. The Morgan fingerprint density at radius 3 is 3.00 bits per heavy atom. The number of furan rings is 1. The Morgan fingerprint density at radius 1 is 1.12 bits per heavy atom. The van der Waals surface area contributed by atoms with Gasteiger partial charge >= 0.3 is 0 Å². The number of rotatable bonds is 3. The van der Waals surface area contributed by atoms with Gasteiger partial charge in [0.25, 0.3) is 5.89 Å². The zero-order valence-electron chi connectivity index (χ0n) is 12.8. The molecule has 118 valence electrons. The summed E-state index contributed by atoms with van der Waals surface area (Å²) in [7, 11) is 0. The summed E-state index contributed by atoms with van der Waals surface area (Å²) in [6.45, 7) is 0. The molecule has 6 nitrogen and oxygen atoms in total. The van der Waals surface area contributed by atoms with E-state index in [-0.39, 0.29) is 5.92 Å². The largest absolute Gasteiger partial charge is 0.463 e. The van der Waals surface area contributed by atoms with Crippen LogP contribution in [0.25, 0.3) is 23.0 Å². The van der Waals surface area contributed by atoms with Gasteiger partial charge in [-0.15, -0.1) is 0 Å². The van der Waals surface area contributed by atoms with Gasteiger partial charge < -0.3 is 8.94 Å². The van der Waals surface area contributed by atoms with E-state index >= 15 is 0 Å². The van der Waals surface area contributed by atoms with Gasteiger partial charge in [-0.25, -0.2) is 0 Å². The van der Waals surface area contributed by atoms with Crippen LogP contribution in [0.15, 0.2) is 57.7 Å². The molecule has 0 radical (unpaired) electrons. The fraction of sp³-hybridized carbons (Fsp3) is 0.167. The number of H-pyrrole nitrogens is 1. The summed E-state index contributed by atoms with van der Waals surface area (Å²) in [5, 5.41) is 11.3. The fourth-order valence-electron chi connectivity index (χ4n) is 3.29. The standard InChI is InChI=1S/C18H14N4O2/c1-2-5-12-11(4-1)7-8-13(12)17-19-18(24-22-17)15-10-14(20-21-15)16-6-3-9-23-16/h1-6,9-10,13H,7-8H2,(H,20,21). The van der Waals surface area contributed by atoms with Crippen LogP contribution in [0.3, 0.4) is 0 Å². The van der Waals surface area contributed by atoms with Crippen LogP contribution in [-0.2, 0) is 6.42 Å². The van der Waals surface area contributed by atoms with Crippen molar-refractivity contribution in [1.82, 2.24) is 20.3 Å². The summed E-state index contributed by atoms with van der Waals surface area (Å²) in [6, 6.07) is 14.0. The number of hydrogen-bond donors (Lipinski definition) is 1. The third-order valence-electron chi connectivity index (χ3n) is 4.47. The van der Waals surface area contributed by atoms with E-state index in [1.807, 2.05) is 18.2 Å². The average molecular weight is 318 g/mol. The van der Waals surface area contributed by atoms with Crippen LogP contribution in [0.5, 0.6) is 0 Å². The van der Waals surface area contributed by atoms with Gasteiger partial charge in [-0.3, -0.25) is 5.10 Å². The highest BCUT2D eigenvalue weighted by Gasteiger charge is 2.28. The fourth-order valence-corrected chi connectivity index (χ4v) is 3.29. The van der Waals surface area contributed by atoms with Gasteiger partial charge in [-0.2, -0.15) is 10.1 Å². The molecule has 1 aliphatic carbocycles. The van der Waals surface area contributed by atoms with E-state index in [1.54, 1.807) is 6.26 Å². The third-order valence-corrected chi connectivity index (χ3v) is 4.47. The molecular formula is C18H14N4O2. The van der Waals surface area contributed by atoms with Crippen LogP contribution in [0, 0.1) is 0 Å². The monoisotopic (exact) mass is 318 g/mol. The molecule has 1 aromatic carbocycles. The molecule has 1 aliphatic rings. The molecule has 0 fully saturated rings. The van der Waals surface area contributed by atoms with Gasteiger partial charge in [0.15, 0.2) is 11.6 Å². The first-order valence-corrected chi connectivity index (χ1v) is 7.89. The van der Waals surface area contributed by atoms with Gasteiger partial charge in [-0.1, -0.05) is 29.4 Å². The van der Waals surface area contributed by atoms with E-state index < -0.39 is 0 Å². The lowest BCUT2D eigenvalue weighted by molar-refractivity contribution is 0.417. The van der Waals surface area contributed by atoms with Crippen LogP contribution >= 0.6 is 0 Å². The average Bonchev–Trinajstić information content (AvgIpc) is 3.40. The van der Waals surface area contributed by atoms with Gasteiger partial charge in [0.2, 0.25) is 0 Å². The van der Waals surface area contributed by atoms with Gasteiger partial charge in [-0.05, 0) is 36.1 Å². The molecule has 4 aromatic rings. The van der Waals surface area contributed by atoms with E-state index in [0.29, 0.717) is 23.0 Å². The SMILES string of the molecule is c1coc(-c2cc(-c3nc(C4CCc5ccccc54)no3)[nH]n2)c1. The Bertz CT molecular complexity index is 984. The maximum absolute atomic E-state index is 5.45. The minimum Gasteiger partial charge on any atom is -0.463 e. The van der Waals surface area contributed by atoms with Crippen LogP contribution in [-0.4, -0.2) is 20.3 Å². The van der Waals surface area contributed by atoms with Crippen molar-refractivity contribution in [3.63, 3.8) is 0 Å². The lowest BCUT2D eigenvalue weighted by Gasteiger charge is -2.05. The van der Waals surface area contributed by atoms with Crippen LogP contribution < -0.4 is 0 Å². The number of benzene rings is 1. The molecule has 0 bridgehead atoms. The van der Waals surface area contributed by atoms with Crippen molar-refractivity contribution in [2.45, 2.75) is 18.8 Å². The highest BCUT2D eigenvalue weighted by Crippen LogP contribution is 2.37. The molecule has 5 rings (SSSR count). The smallest absolute Gasteiger partial charge is 0.275 e. The number of aromatic nitrogens is 4. The minimum atomic E-state index is 0.200. The molecular weight excluding hydrogens is 304 g/mol. The summed E-state index contributed by atoms with van der Waals surface area (Å²) in [6.07, 6.45) is 3.68. The molecule has 0 saturated carbocycles. The first-order chi connectivity index (χ1) is 11.9. The van der Waals surface area contributed by atoms with E-state index in [0.717, 1.165) is 18.7 Å². The molecule has 0 spiro atoms. The summed E-state index contributed by atoms with van der Waals surface area (Å²) < 4.78 is 10.8. The predicted octanol–water partition coefficient (Wildman–Crippen LogP) is 3.80. The van der Waals surface area contributed by atoms with Crippen molar-refractivity contribution < 1.29 is 8.94 Å². The van der Waals surface area contributed by atoms with Crippen molar-refractivity contribution >= 4 is 0 Å². The second-order valence-corrected chi connectivity index (χ2v) is 5.89. The molecule has 24 heavy (non-hydrogen) atoms. The molecule has 1 N–H and O–H groups in total. The van der Waals surface area contributed by atoms with Crippen molar-refractivity contribution in [2.24, 2.45) is 0 Å². The van der Waals surface area contributed by atoms with E-state index in [1.165, 1.54) is 11.1 Å². The van der Waals surface area contributed by atoms with E-state index in [9.17, 15) is 0 Å². The van der Waals surface area contributed by atoms with Crippen LogP contribution in [0.1, 0.15) is 29.3 Å². The van der Waals surface area contributed by atoms with Gasteiger partial charge in [0, 0.05) is 12.0 Å². The van der Waals surface area contributed by atoms with Crippen molar-refractivity contribution in [2.75, 3.05) is 0 Å². The molecule has 0 aliphatic heterocycles. The zero-order valence-corrected chi connectivity index (χ0v) is 12.8. The molecule has 6 heteroatoms. The van der Waals surface area contributed by atoms with Gasteiger partial charge in [0.05, 0.1) is 6.26 Å². The number of aromatic amines is 1. The third kappa shape index (κ3) is 2.07. The van der Waals surface area contributed by atoms with Crippen molar-refractivity contribution in [3.8, 4) is 23.0 Å². The summed E-state index contributed by atoms with van der Waals surface area (Å²) in [4.78, 5) is 4.58. The Labute approximate surface area is 137 Å². The van der Waals surface area contributed by atoms with E-state index in [4.69, 9.17) is 8.94 Å². The first-order valence-electron chi connectivity index (χ1n) is 7.89. The van der Waals surface area contributed by atoms with Crippen molar-refractivity contribution in [1.29, 1.82) is 0 Å². The second kappa shape index (κ2) is 5.19. The van der Waals surface area contributed by atoms with E-state index in [2.05, 4.69) is 44.6 Å². The molecule has 1 atom stereocenters. The number of fused-ring (bicyclic) bond motifs is 1. The normalized spacial score (nSPS) is 16.4. The molecule has 0 saturated heterocycles. The predicted molar refractivity (Wildman–Crippen MR) is 86.2 cm³/mol. The number of aryl methyl sites for hydroxylation is 1. The minimum absolute atomic E-state index is 0.200. The van der Waals surface area contributed by atoms with Crippen LogP contribution in [0.4, 0.5) is 0 Å². The second-order valence-electron chi connectivity index (χ2n) is 5.89. The lowest BCUT2D eigenvalue weighted by atomic mass is 10.0. The maximum atomic E-state index is 5.45. The molecule has 1 unspecified atom stereocenters. The highest BCUT2D eigenvalue weighted by molar-refractivity contribution is 5.60. The van der Waals surface area contributed by atoms with Gasteiger partial charge in [0.1, 0.15) is 11.4 Å². The Kier molecular flexibility index (Phi) is 2.88. The quantitative estimate of drug-likeness (QED) is 0.621. The molecule has 3 aromatic heterocycles. The Hall–Kier alpha value is -3.15. The maximum Gasteiger partial charge on any atom is 0.275 e. The summed E-state index contributed by atoms with van der Waals surface area (Å²) in [5.74, 6) is 2.07. The summed E-state index contributed by atoms with van der Waals surface area (Å²) in [5.41, 5.74) is 4.06.